The fourth-order valence-electron chi connectivity index (χ4n) is 6.08. The Hall–Kier alpha value is -1.37. The summed E-state index contributed by atoms with van der Waals surface area (Å²) >= 11 is 0. The Bertz CT molecular complexity index is 692. The molecule has 1 aromatic rings. The molecule has 5 rings (SSSR count). The molecule has 1 aliphatic heterocycles. The summed E-state index contributed by atoms with van der Waals surface area (Å²) in [5.74, 6) is 0. The minimum atomic E-state index is 0.156. The van der Waals surface area contributed by atoms with Crippen LogP contribution < -0.4 is 0 Å². The maximum Gasteiger partial charge on any atom is 0.0826 e. The Morgan fingerprint density at radius 2 is 1.82 bits per heavy atom. The molecule has 4 aliphatic rings. The molecule has 0 N–H and O–H groups in total. The summed E-state index contributed by atoms with van der Waals surface area (Å²) in [7, 11) is 0. The zero-order valence-corrected chi connectivity index (χ0v) is 13.6. The molecule has 2 bridgehead atoms. The first-order valence-corrected chi connectivity index (χ1v) is 9.15. The molecule has 1 nitrogen and oxygen atoms in total. The van der Waals surface area contributed by atoms with Crippen molar-refractivity contribution >= 4 is 6.21 Å². The average molecular weight is 291 g/mol. The second-order valence-corrected chi connectivity index (χ2v) is 8.01. The van der Waals surface area contributed by atoms with Gasteiger partial charge in [0.1, 0.15) is 0 Å². The highest BCUT2D eigenvalue weighted by atomic mass is 14.9. The summed E-state index contributed by atoms with van der Waals surface area (Å²) in [5, 5.41) is 0. The van der Waals surface area contributed by atoms with E-state index in [0.717, 1.165) is 0 Å². The van der Waals surface area contributed by atoms with Gasteiger partial charge in [0.2, 0.25) is 0 Å². The number of benzene rings is 1. The quantitative estimate of drug-likeness (QED) is 0.673. The third-order valence-corrected chi connectivity index (χ3v) is 6.85. The Labute approximate surface area is 133 Å². The number of nitrogens with zero attached hydrogens (tertiary/aromatic N) is 1. The number of hydrogen-bond acceptors (Lipinski definition) is 1. The van der Waals surface area contributed by atoms with Crippen LogP contribution in [0.25, 0.3) is 0 Å². The molecule has 1 fully saturated rings. The van der Waals surface area contributed by atoms with Gasteiger partial charge in [-0.25, -0.2) is 0 Å². The van der Waals surface area contributed by atoms with E-state index in [0.29, 0.717) is 5.41 Å². The van der Waals surface area contributed by atoms with Gasteiger partial charge >= 0.3 is 0 Å². The fourth-order valence-corrected chi connectivity index (χ4v) is 6.08. The van der Waals surface area contributed by atoms with Crippen LogP contribution in [0.2, 0.25) is 0 Å². The van der Waals surface area contributed by atoms with Crippen molar-refractivity contribution in [3.63, 3.8) is 0 Å². The molecular formula is C21H25N. The van der Waals surface area contributed by atoms with Crippen molar-refractivity contribution in [2.75, 3.05) is 0 Å². The highest BCUT2D eigenvalue weighted by Gasteiger charge is 2.63. The van der Waals surface area contributed by atoms with Crippen LogP contribution >= 0.6 is 0 Å². The normalized spacial score (nSPS) is 36.5. The average Bonchev–Trinajstić information content (AvgIpc) is 3.14. The van der Waals surface area contributed by atoms with Crippen LogP contribution in [0.15, 0.2) is 40.9 Å². The number of fused-ring (bicyclic) bond motifs is 4. The van der Waals surface area contributed by atoms with Gasteiger partial charge in [0.05, 0.1) is 11.0 Å². The van der Waals surface area contributed by atoms with Gasteiger partial charge in [-0.2, -0.15) is 0 Å². The highest BCUT2D eigenvalue weighted by molar-refractivity contribution is 5.90. The lowest BCUT2D eigenvalue weighted by atomic mass is 9.67. The zero-order valence-electron chi connectivity index (χ0n) is 13.6. The smallest absolute Gasteiger partial charge is 0.0826 e. The van der Waals surface area contributed by atoms with Crippen molar-refractivity contribution in [1.29, 1.82) is 0 Å². The van der Waals surface area contributed by atoms with Crippen LogP contribution in [0.1, 0.15) is 69.4 Å². The van der Waals surface area contributed by atoms with Crippen molar-refractivity contribution in [2.24, 2.45) is 4.99 Å². The fraction of sp³-hybridized carbons (Fsp3) is 0.571. The molecule has 0 amide bonds. The van der Waals surface area contributed by atoms with E-state index >= 15 is 0 Å². The summed E-state index contributed by atoms with van der Waals surface area (Å²) < 4.78 is 0. The maximum atomic E-state index is 5.18. The predicted molar refractivity (Wildman–Crippen MR) is 91.7 cm³/mol. The molecule has 1 heterocycles. The van der Waals surface area contributed by atoms with E-state index in [-0.39, 0.29) is 11.0 Å². The monoisotopic (exact) mass is 291 g/mol. The van der Waals surface area contributed by atoms with Gasteiger partial charge in [-0.15, -0.1) is 0 Å². The molecule has 1 heteroatoms. The van der Waals surface area contributed by atoms with E-state index in [1.807, 2.05) is 0 Å². The molecule has 2 atom stereocenters. The largest absolute Gasteiger partial charge is 0.285 e. The Morgan fingerprint density at radius 3 is 2.59 bits per heavy atom. The van der Waals surface area contributed by atoms with Gasteiger partial charge in [-0.05, 0) is 42.4 Å². The predicted octanol–water partition coefficient (Wildman–Crippen LogP) is 5.09. The molecule has 0 radical (unpaired) electrons. The van der Waals surface area contributed by atoms with Crippen molar-refractivity contribution < 1.29 is 0 Å². The lowest BCUT2D eigenvalue weighted by Crippen LogP contribution is -2.35. The molecule has 0 saturated heterocycles. The van der Waals surface area contributed by atoms with Crippen molar-refractivity contribution in [3.8, 4) is 0 Å². The maximum absolute atomic E-state index is 5.18. The van der Waals surface area contributed by atoms with E-state index in [9.17, 15) is 0 Å². The van der Waals surface area contributed by atoms with Gasteiger partial charge in [0, 0.05) is 11.6 Å². The number of rotatable bonds is 2. The van der Waals surface area contributed by atoms with E-state index in [2.05, 4.69) is 43.5 Å². The molecule has 114 valence electrons. The first kappa shape index (κ1) is 13.1. The third-order valence-electron chi connectivity index (χ3n) is 6.85. The van der Waals surface area contributed by atoms with Gasteiger partial charge < -0.3 is 0 Å². The van der Waals surface area contributed by atoms with Gasteiger partial charge in [-0.1, -0.05) is 62.9 Å². The standard InChI is InChI=1S/C21H25N/c1-2-10-19-13-18-20(14-19,17-9-5-4-8-16(17)19)15-22-21(18)11-6-3-7-12-21/h4-5,8-9,13,15H,2-3,6-7,10-12,14H2,1H3/t19?,20-/m0/s1. The number of allylic oxidation sites excluding steroid dienone is 1. The molecule has 2 spiro atoms. The van der Waals surface area contributed by atoms with Crippen molar-refractivity contribution in [2.45, 2.75) is 74.7 Å². The van der Waals surface area contributed by atoms with Crippen molar-refractivity contribution in [1.82, 2.24) is 0 Å². The van der Waals surface area contributed by atoms with Crippen molar-refractivity contribution in [3.05, 3.63) is 47.0 Å². The Kier molecular flexibility index (Phi) is 2.46. The molecule has 22 heavy (non-hydrogen) atoms. The van der Waals surface area contributed by atoms with Crippen LogP contribution in [0.5, 0.6) is 0 Å². The lowest BCUT2D eigenvalue weighted by molar-refractivity contribution is 0.342. The minimum absolute atomic E-state index is 0.156. The first-order chi connectivity index (χ1) is 10.7. The van der Waals surface area contributed by atoms with Crippen LogP contribution in [0.4, 0.5) is 0 Å². The second kappa shape index (κ2) is 4.13. The summed E-state index contributed by atoms with van der Waals surface area (Å²) in [6.07, 6.45) is 15.5. The topological polar surface area (TPSA) is 12.4 Å². The zero-order chi connectivity index (χ0) is 14.8. The summed E-state index contributed by atoms with van der Waals surface area (Å²) in [6.45, 7) is 2.33. The molecule has 3 aliphatic carbocycles. The first-order valence-electron chi connectivity index (χ1n) is 9.15. The van der Waals surface area contributed by atoms with Gasteiger partial charge in [-0.3, -0.25) is 4.99 Å². The van der Waals surface area contributed by atoms with Crippen LogP contribution in [0.3, 0.4) is 0 Å². The molecule has 0 aromatic heterocycles. The minimum Gasteiger partial charge on any atom is -0.285 e. The molecular weight excluding hydrogens is 266 g/mol. The number of aliphatic imine (C=N–C) groups is 1. The van der Waals surface area contributed by atoms with Gasteiger partial charge in [0.15, 0.2) is 0 Å². The molecule has 1 aromatic carbocycles. The van der Waals surface area contributed by atoms with Crippen LogP contribution in [-0.2, 0) is 10.8 Å². The highest BCUT2D eigenvalue weighted by Crippen LogP contribution is 2.66. The van der Waals surface area contributed by atoms with E-state index in [1.54, 1.807) is 16.7 Å². The SMILES string of the molecule is CCCC12C=C3C4(CCCCC4)N=C[C@@]3(C1)c1ccccc12. The molecule has 1 unspecified atom stereocenters. The summed E-state index contributed by atoms with van der Waals surface area (Å²) in [4.78, 5) is 5.18. The number of hydrogen-bond donors (Lipinski definition) is 0. The summed E-state index contributed by atoms with van der Waals surface area (Å²) in [5.41, 5.74) is 5.49. The van der Waals surface area contributed by atoms with E-state index in [4.69, 9.17) is 4.99 Å². The van der Waals surface area contributed by atoms with Gasteiger partial charge in [0.25, 0.3) is 0 Å². The van der Waals surface area contributed by atoms with Crippen LogP contribution in [0, 0.1) is 0 Å². The Morgan fingerprint density at radius 1 is 1.05 bits per heavy atom. The van der Waals surface area contributed by atoms with Crippen LogP contribution in [-0.4, -0.2) is 11.8 Å². The third kappa shape index (κ3) is 1.34. The Balaban J connectivity index is 1.72. The summed E-state index contributed by atoms with van der Waals surface area (Å²) in [6, 6.07) is 9.22. The lowest BCUT2D eigenvalue weighted by Gasteiger charge is -2.37. The van der Waals surface area contributed by atoms with E-state index in [1.165, 1.54) is 51.4 Å². The van der Waals surface area contributed by atoms with E-state index < -0.39 is 0 Å². The molecule has 1 saturated carbocycles. The second-order valence-electron chi connectivity index (χ2n) is 8.01.